The van der Waals surface area contributed by atoms with Gasteiger partial charge < -0.3 is 19.7 Å². The maximum atomic E-state index is 12.2. The van der Waals surface area contributed by atoms with Crippen LogP contribution in [0.1, 0.15) is 28.8 Å². The van der Waals surface area contributed by atoms with Gasteiger partial charge in [-0.25, -0.2) is 0 Å². The number of hydrogen-bond acceptors (Lipinski definition) is 4. The van der Waals surface area contributed by atoms with Gasteiger partial charge in [-0.1, -0.05) is 18.2 Å². The summed E-state index contributed by atoms with van der Waals surface area (Å²) in [4.78, 5) is 14.1. The number of furan rings is 1. The van der Waals surface area contributed by atoms with Crippen LogP contribution in [0.3, 0.4) is 0 Å². The Bertz CT molecular complexity index is 617. The Morgan fingerprint density at radius 2 is 2.05 bits per heavy atom. The molecule has 0 spiro atoms. The summed E-state index contributed by atoms with van der Waals surface area (Å²) in [5, 5.41) is 12.8. The summed E-state index contributed by atoms with van der Waals surface area (Å²) in [7, 11) is 0. The maximum Gasteiger partial charge on any atom is 0.257 e. The van der Waals surface area contributed by atoms with Crippen molar-refractivity contribution in [2.45, 2.75) is 25.5 Å². The van der Waals surface area contributed by atoms with Crippen molar-refractivity contribution in [3.05, 3.63) is 54.0 Å². The summed E-state index contributed by atoms with van der Waals surface area (Å²) in [6.45, 7) is 1.48. The lowest BCUT2D eigenvalue weighted by molar-refractivity contribution is 0.0718. The fourth-order valence-electron chi connectivity index (χ4n) is 2.81. The summed E-state index contributed by atoms with van der Waals surface area (Å²) < 4.78 is 4.97. The van der Waals surface area contributed by atoms with Gasteiger partial charge in [-0.3, -0.25) is 4.79 Å². The highest BCUT2D eigenvalue weighted by molar-refractivity contribution is 5.93. The Kier molecular flexibility index (Phi) is 4.44. The lowest BCUT2D eigenvalue weighted by Crippen LogP contribution is -2.42. The van der Waals surface area contributed by atoms with E-state index < -0.39 is 0 Å². The number of aliphatic hydroxyl groups excluding tert-OH is 1. The highest BCUT2D eigenvalue weighted by atomic mass is 16.3. The Hall–Kier alpha value is -2.27. The number of benzene rings is 1. The van der Waals surface area contributed by atoms with Gasteiger partial charge in [-0.2, -0.15) is 0 Å². The third-order valence-electron chi connectivity index (χ3n) is 4.10. The zero-order chi connectivity index (χ0) is 15.4. The first-order valence-corrected chi connectivity index (χ1v) is 7.54. The summed E-state index contributed by atoms with van der Waals surface area (Å²) in [5.74, 6) is 0.0305. The van der Waals surface area contributed by atoms with Crippen LogP contribution in [-0.4, -0.2) is 35.0 Å². The fourth-order valence-corrected chi connectivity index (χ4v) is 2.81. The minimum atomic E-state index is 0.0288. The minimum absolute atomic E-state index is 0.0288. The Balaban J connectivity index is 1.57. The van der Waals surface area contributed by atoms with Crippen molar-refractivity contribution in [2.75, 3.05) is 18.4 Å². The molecule has 1 aromatic heterocycles. The van der Waals surface area contributed by atoms with Crippen LogP contribution in [0.25, 0.3) is 0 Å². The molecule has 1 amide bonds. The van der Waals surface area contributed by atoms with Gasteiger partial charge in [-0.15, -0.1) is 0 Å². The van der Waals surface area contributed by atoms with E-state index >= 15 is 0 Å². The van der Waals surface area contributed by atoms with Crippen LogP contribution in [0.15, 0.2) is 47.3 Å². The fraction of sp³-hybridized carbons (Fsp3) is 0.353. The van der Waals surface area contributed by atoms with E-state index in [9.17, 15) is 9.90 Å². The first-order chi connectivity index (χ1) is 10.8. The second-order valence-electron chi connectivity index (χ2n) is 5.54. The summed E-state index contributed by atoms with van der Waals surface area (Å²) in [6, 6.07) is 9.79. The molecule has 1 aliphatic heterocycles. The van der Waals surface area contributed by atoms with Crippen molar-refractivity contribution < 1.29 is 14.3 Å². The molecule has 5 heteroatoms. The molecule has 1 fully saturated rings. The van der Waals surface area contributed by atoms with Gasteiger partial charge in [0, 0.05) is 30.4 Å². The molecule has 0 unspecified atom stereocenters. The number of anilines is 1. The molecule has 5 nitrogen and oxygen atoms in total. The van der Waals surface area contributed by atoms with Crippen molar-refractivity contribution in [1.29, 1.82) is 0 Å². The van der Waals surface area contributed by atoms with Gasteiger partial charge in [0.25, 0.3) is 5.91 Å². The van der Waals surface area contributed by atoms with Crippen LogP contribution < -0.4 is 5.32 Å². The zero-order valence-electron chi connectivity index (χ0n) is 12.4. The number of para-hydroxylation sites is 1. The molecule has 22 heavy (non-hydrogen) atoms. The maximum absolute atomic E-state index is 12.2. The molecule has 2 N–H and O–H groups in total. The van der Waals surface area contributed by atoms with Gasteiger partial charge in [0.05, 0.1) is 18.4 Å². The smallest absolute Gasteiger partial charge is 0.257 e. The molecular formula is C17H20N2O3. The first-order valence-electron chi connectivity index (χ1n) is 7.54. The molecule has 2 heterocycles. The van der Waals surface area contributed by atoms with Crippen LogP contribution in [0.5, 0.6) is 0 Å². The Labute approximate surface area is 129 Å². The zero-order valence-corrected chi connectivity index (χ0v) is 12.4. The molecule has 0 aliphatic carbocycles. The van der Waals surface area contributed by atoms with Gasteiger partial charge in [-0.05, 0) is 25.0 Å². The van der Waals surface area contributed by atoms with Crippen molar-refractivity contribution >= 4 is 11.6 Å². The van der Waals surface area contributed by atoms with E-state index in [1.807, 2.05) is 29.2 Å². The third-order valence-corrected chi connectivity index (χ3v) is 4.10. The lowest BCUT2D eigenvalue weighted by atomic mass is 10.0. The molecule has 116 valence electrons. The average Bonchev–Trinajstić information content (AvgIpc) is 3.10. The molecule has 1 aromatic carbocycles. The molecule has 3 rings (SSSR count). The van der Waals surface area contributed by atoms with Gasteiger partial charge >= 0.3 is 0 Å². The van der Waals surface area contributed by atoms with E-state index in [-0.39, 0.29) is 12.5 Å². The van der Waals surface area contributed by atoms with Gasteiger partial charge in [0.15, 0.2) is 0 Å². The molecule has 1 aliphatic rings. The Morgan fingerprint density at radius 1 is 1.27 bits per heavy atom. The minimum Gasteiger partial charge on any atom is -0.472 e. The molecule has 0 saturated carbocycles. The van der Waals surface area contributed by atoms with E-state index in [2.05, 4.69) is 5.32 Å². The number of hydrogen-bond donors (Lipinski definition) is 2. The standard InChI is InChI=1S/C17H20N2O3/c20-11-13-3-1-2-4-16(13)18-15-5-8-19(9-6-15)17(21)14-7-10-22-12-14/h1-4,7,10,12,15,18,20H,5-6,8-9,11H2. The second kappa shape index (κ2) is 6.66. The second-order valence-corrected chi connectivity index (χ2v) is 5.54. The van der Waals surface area contributed by atoms with Crippen LogP contribution in [0, 0.1) is 0 Å². The number of aliphatic hydroxyl groups is 1. The molecule has 1 saturated heterocycles. The van der Waals surface area contributed by atoms with E-state index in [0.717, 1.165) is 37.2 Å². The van der Waals surface area contributed by atoms with E-state index in [1.165, 1.54) is 12.5 Å². The first kappa shape index (κ1) is 14.7. The van der Waals surface area contributed by atoms with Crippen LogP contribution in [0.4, 0.5) is 5.69 Å². The predicted molar refractivity (Wildman–Crippen MR) is 83.6 cm³/mol. The van der Waals surface area contributed by atoms with Gasteiger partial charge in [0.1, 0.15) is 6.26 Å². The number of carbonyl (C=O) groups is 1. The van der Waals surface area contributed by atoms with Crippen LogP contribution >= 0.6 is 0 Å². The molecule has 0 bridgehead atoms. The predicted octanol–water partition coefficient (Wildman–Crippen LogP) is 2.49. The highest BCUT2D eigenvalue weighted by Gasteiger charge is 2.24. The average molecular weight is 300 g/mol. The number of likely N-dealkylation sites (tertiary alicyclic amines) is 1. The number of carbonyl (C=O) groups excluding carboxylic acids is 1. The quantitative estimate of drug-likeness (QED) is 0.910. The van der Waals surface area contributed by atoms with Crippen LogP contribution in [0.2, 0.25) is 0 Å². The number of piperidine rings is 1. The summed E-state index contributed by atoms with van der Waals surface area (Å²) >= 11 is 0. The number of nitrogens with one attached hydrogen (secondary N) is 1. The largest absolute Gasteiger partial charge is 0.472 e. The molecular weight excluding hydrogens is 280 g/mol. The normalized spacial score (nSPS) is 15.8. The van der Waals surface area contributed by atoms with E-state index in [0.29, 0.717) is 11.6 Å². The monoisotopic (exact) mass is 300 g/mol. The Morgan fingerprint density at radius 3 is 2.73 bits per heavy atom. The van der Waals surface area contributed by atoms with Crippen molar-refractivity contribution in [2.24, 2.45) is 0 Å². The number of nitrogens with zero attached hydrogens (tertiary/aromatic N) is 1. The number of amides is 1. The topological polar surface area (TPSA) is 65.7 Å². The molecule has 0 atom stereocenters. The molecule has 0 radical (unpaired) electrons. The van der Waals surface area contributed by atoms with Crippen molar-refractivity contribution in [3.63, 3.8) is 0 Å². The van der Waals surface area contributed by atoms with E-state index in [1.54, 1.807) is 6.07 Å². The lowest BCUT2D eigenvalue weighted by Gasteiger charge is -2.33. The third kappa shape index (κ3) is 3.14. The van der Waals surface area contributed by atoms with Crippen molar-refractivity contribution in [1.82, 2.24) is 4.90 Å². The van der Waals surface area contributed by atoms with Crippen molar-refractivity contribution in [3.8, 4) is 0 Å². The highest BCUT2D eigenvalue weighted by Crippen LogP contribution is 2.21. The molecule has 2 aromatic rings. The van der Waals surface area contributed by atoms with Gasteiger partial charge in [0.2, 0.25) is 0 Å². The van der Waals surface area contributed by atoms with E-state index in [4.69, 9.17) is 4.42 Å². The van der Waals surface area contributed by atoms with Crippen LogP contribution in [-0.2, 0) is 6.61 Å². The summed E-state index contributed by atoms with van der Waals surface area (Å²) in [6.07, 6.45) is 4.80. The number of rotatable bonds is 4. The summed E-state index contributed by atoms with van der Waals surface area (Å²) in [5.41, 5.74) is 2.49. The SMILES string of the molecule is O=C(c1ccoc1)N1CCC(Nc2ccccc2CO)CC1.